The molecule has 0 atom stereocenters. The Hall–Kier alpha value is -2.08. The van der Waals surface area contributed by atoms with Crippen LogP contribution in [0.3, 0.4) is 0 Å². The third kappa shape index (κ3) is 2.46. The fraction of sp³-hybridized carbons (Fsp3) is 0.143. The average Bonchev–Trinajstić information content (AvgIpc) is 2.98. The molecule has 2 heterocycles. The molecular formula is C14H11BrN4O. The Labute approximate surface area is 124 Å². The second-order valence-electron chi connectivity index (χ2n) is 4.12. The molecule has 0 unspecified atom stereocenters. The Kier molecular flexibility index (Phi) is 3.56. The molecule has 0 aliphatic heterocycles. The van der Waals surface area contributed by atoms with Crippen LogP contribution in [-0.4, -0.2) is 20.2 Å². The normalized spacial score (nSPS) is 10.7. The minimum absolute atomic E-state index is 0.384. The van der Waals surface area contributed by atoms with E-state index in [-0.39, 0.29) is 0 Å². The van der Waals surface area contributed by atoms with Gasteiger partial charge in [-0.3, -0.25) is 4.98 Å². The number of rotatable bonds is 3. The van der Waals surface area contributed by atoms with Gasteiger partial charge in [0, 0.05) is 5.56 Å². The van der Waals surface area contributed by atoms with Gasteiger partial charge in [0.05, 0.1) is 11.9 Å². The topological polar surface area (TPSA) is 64.7 Å². The Morgan fingerprint density at radius 2 is 1.85 bits per heavy atom. The van der Waals surface area contributed by atoms with Crippen molar-refractivity contribution in [3.05, 3.63) is 46.8 Å². The van der Waals surface area contributed by atoms with Gasteiger partial charge in [0.25, 0.3) is 5.89 Å². The summed E-state index contributed by atoms with van der Waals surface area (Å²) < 4.78 is 6.35. The highest BCUT2D eigenvalue weighted by Gasteiger charge is 2.16. The van der Waals surface area contributed by atoms with Crippen molar-refractivity contribution in [1.82, 2.24) is 20.2 Å². The van der Waals surface area contributed by atoms with Gasteiger partial charge in [-0.15, -0.1) is 10.2 Å². The number of hydrogen-bond acceptors (Lipinski definition) is 5. The van der Waals surface area contributed by atoms with Crippen LogP contribution in [0.5, 0.6) is 0 Å². The highest BCUT2D eigenvalue weighted by atomic mass is 79.9. The molecule has 0 spiro atoms. The van der Waals surface area contributed by atoms with Crippen LogP contribution in [0, 0.1) is 0 Å². The summed E-state index contributed by atoms with van der Waals surface area (Å²) in [5.74, 6) is 0.860. The average molecular weight is 331 g/mol. The van der Waals surface area contributed by atoms with E-state index in [0.717, 1.165) is 17.7 Å². The van der Waals surface area contributed by atoms with Crippen molar-refractivity contribution in [3.8, 4) is 23.0 Å². The Bertz CT molecular complexity index is 727. The predicted molar refractivity (Wildman–Crippen MR) is 77.8 cm³/mol. The zero-order chi connectivity index (χ0) is 13.9. The summed E-state index contributed by atoms with van der Waals surface area (Å²) in [6, 6.07) is 9.64. The quantitative estimate of drug-likeness (QED) is 0.735. The molecule has 0 N–H and O–H groups in total. The first kappa shape index (κ1) is 12.9. The molecule has 0 aliphatic rings. The molecule has 0 radical (unpaired) electrons. The van der Waals surface area contributed by atoms with Crippen molar-refractivity contribution in [2.75, 3.05) is 0 Å². The number of hydrogen-bond donors (Lipinski definition) is 0. The second-order valence-corrected chi connectivity index (χ2v) is 4.93. The fourth-order valence-electron chi connectivity index (χ4n) is 1.84. The number of halogens is 1. The van der Waals surface area contributed by atoms with E-state index in [1.165, 1.54) is 0 Å². The fourth-order valence-corrected chi connectivity index (χ4v) is 2.12. The number of nitrogens with zero attached hydrogens (tertiary/aromatic N) is 4. The lowest BCUT2D eigenvalue weighted by Crippen LogP contribution is -1.96. The van der Waals surface area contributed by atoms with Gasteiger partial charge in [0.15, 0.2) is 0 Å². The first-order chi connectivity index (χ1) is 9.78. The van der Waals surface area contributed by atoms with E-state index in [2.05, 4.69) is 36.1 Å². The van der Waals surface area contributed by atoms with E-state index >= 15 is 0 Å². The van der Waals surface area contributed by atoms with Crippen LogP contribution in [0.4, 0.5) is 0 Å². The molecule has 1 aromatic carbocycles. The molecule has 0 fully saturated rings. The van der Waals surface area contributed by atoms with Crippen molar-refractivity contribution in [2.45, 2.75) is 13.3 Å². The molecule has 0 amide bonds. The van der Waals surface area contributed by atoms with Gasteiger partial charge < -0.3 is 4.42 Å². The van der Waals surface area contributed by atoms with E-state index in [9.17, 15) is 0 Å². The molecule has 5 nitrogen and oxygen atoms in total. The third-order valence-corrected chi connectivity index (χ3v) is 3.18. The molecule has 100 valence electrons. The molecule has 3 aromatic rings. The number of aromatic nitrogens is 4. The van der Waals surface area contributed by atoms with E-state index in [1.54, 1.807) is 6.20 Å². The van der Waals surface area contributed by atoms with Gasteiger partial charge in [0.2, 0.25) is 5.89 Å². The molecule has 20 heavy (non-hydrogen) atoms. The summed E-state index contributed by atoms with van der Waals surface area (Å²) in [4.78, 5) is 8.70. The van der Waals surface area contributed by atoms with Crippen LogP contribution in [-0.2, 0) is 6.42 Å². The zero-order valence-electron chi connectivity index (χ0n) is 10.7. The minimum atomic E-state index is 0.384. The molecule has 3 rings (SSSR count). The van der Waals surface area contributed by atoms with E-state index < -0.39 is 0 Å². The molecule has 0 aliphatic carbocycles. The lowest BCUT2D eigenvalue weighted by atomic mass is 10.2. The standard InChI is InChI=1S/C14H11BrN4O/c1-2-10-12(17-11(15)8-16-10)14-19-18-13(20-14)9-6-4-3-5-7-9/h3-8H,2H2,1H3. The van der Waals surface area contributed by atoms with Crippen LogP contribution in [0.25, 0.3) is 23.0 Å². The first-order valence-corrected chi connectivity index (χ1v) is 6.98. The van der Waals surface area contributed by atoms with Gasteiger partial charge in [-0.1, -0.05) is 25.1 Å². The maximum atomic E-state index is 5.71. The van der Waals surface area contributed by atoms with Crippen LogP contribution in [0.1, 0.15) is 12.6 Å². The van der Waals surface area contributed by atoms with E-state index in [1.807, 2.05) is 37.3 Å². The van der Waals surface area contributed by atoms with Crippen molar-refractivity contribution in [1.29, 1.82) is 0 Å². The van der Waals surface area contributed by atoms with Gasteiger partial charge in [0.1, 0.15) is 10.3 Å². The maximum Gasteiger partial charge on any atom is 0.268 e. The lowest BCUT2D eigenvalue weighted by Gasteiger charge is -2.01. The molecular weight excluding hydrogens is 320 g/mol. The maximum absolute atomic E-state index is 5.71. The van der Waals surface area contributed by atoms with Crippen molar-refractivity contribution in [3.63, 3.8) is 0 Å². The molecule has 0 saturated carbocycles. The van der Waals surface area contributed by atoms with Crippen molar-refractivity contribution >= 4 is 15.9 Å². The number of benzene rings is 1. The van der Waals surface area contributed by atoms with Crippen molar-refractivity contribution < 1.29 is 4.42 Å². The summed E-state index contributed by atoms with van der Waals surface area (Å²) in [5.41, 5.74) is 2.33. The van der Waals surface area contributed by atoms with Crippen LogP contribution in [0.2, 0.25) is 0 Å². The third-order valence-electron chi connectivity index (χ3n) is 2.80. The van der Waals surface area contributed by atoms with Crippen LogP contribution in [0.15, 0.2) is 45.5 Å². The Morgan fingerprint density at radius 3 is 2.60 bits per heavy atom. The minimum Gasteiger partial charge on any atom is -0.415 e. The molecule has 2 aromatic heterocycles. The van der Waals surface area contributed by atoms with Gasteiger partial charge in [-0.25, -0.2) is 4.98 Å². The SMILES string of the molecule is CCc1ncc(Br)nc1-c1nnc(-c2ccccc2)o1. The Morgan fingerprint density at radius 1 is 1.10 bits per heavy atom. The molecule has 0 bridgehead atoms. The highest BCUT2D eigenvalue weighted by Crippen LogP contribution is 2.25. The lowest BCUT2D eigenvalue weighted by molar-refractivity contribution is 0.580. The van der Waals surface area contributed by atoms with Gasteiger partial charge >= 0.3 is 0 Å². The smallest absolute Gasteiger partial charge is 0.268 e. The Balaban J connectivity index is 2.04. The summed E-state index contributed by atoms with van der Waals surface area (Å²) in [6.07, 6.45) is 2.41. The summed E-state index contributed by atoms with van der Waals surface area (Å²) >= 11 is 3.31. The second kappa shape index (κ2) is 5.50. The summed E-state index contributed by atoms with van der Waals surface area (Å²) in [7, 11) is 0. The summed E-state index contributed by atoms with van der Waals surface area (Å²) in [5, 5.41) is 8.14. The predicted octanol–water partition coefficient (Wildman–Crippen LogP) is 3.52. The van der Waals surface area contributed by atoms with E-state index in [4.69, 9.17) is 4.42 Å². The monoisotopic (exact) mass is 330 g/mol. The first-order valence-electron chi connectivity index (χ1n) is 6.18. The molecule has 0 saturated heterocycles. The van der Waals surface area contributed by atoms with Gasteiger partial charge in [-0.05, 0) is 34.5 Å². The van der Waals surface area contributed by atoms with Gasteiger partial charge in [-0.2, -0.15) is 0 Å². The largest absolute Gasteiger partial charge is 0.415 e. The van der Waals surface area contributed by atoms with Crippen molar-refractivity contribution in [2.24, 2.45) is 0 Å². The highest BCUT2D eigenvalue weighted by molar-refractivity contribution is 9.10. The number of aryl methyl sites for hydroxylation is 1. The summed E-state index contributed by atoms with van der Waals surface area (Å²) in [6.45, 7) is 2.01. The zero-order valence-corrected chi connectivity index (χ0v) is 12.3. The van der Waals surface area contributed by atoms with E-state index in [0.29, 0.717) is 22.1 Å². The molecule has 6 heteroatoms. The van der Waals surface area contributed by atoms with Crippen LogP contribution < -0.4 is 0 Å². The van der Waals surface area contributed by atoms with Crippen LogP contribution >= 0.6 is 15.9 Å².